The van der Waals surface area contributed by atoms with Crippen molar-refractivity contribution in [2.45, 2.75) is 85.0 Å². The number of aliphatic hydroxyl groups excluding tert-OH is 1. The average Bonchev–Trinajstić information content (AvgIpc) is 2.75. The van der Waals surface area contributed by atoms with E-state index in [4.69, 9.17) is 14.2 Å². The molecular weight excluding hydrogens is 406 g/mol. The van der Waals surface area contributed by atoms with Gasteiger partial charge in [-0.15, -0.1) is 0 Å². The molecule has 0 saturated carbocycles. The van der Waals surface area contributed by atoms with Gasteiger partial charge in [-0.3, -0.25) is 0 Å². The van der Waals surface area contributed by atoms with Crippen molar-refractivity contribution < 1.29 is 24.4 Å². The molecule has 0 aromatic rings. The van der Waals surface area contributed by atoms with Crippen LogP contribution in [0.2, 0.25) is 0 Å². The number of ether oxygens (including phenoxy) is 3. The van der Waals surface area contributed by atoms with Crippen molar-refractivity contribution in [3.63, 3.8) is 0 Å². The van der Waals surface area contributed by atoms with Gasteiger partial charge < -0.3 is 29.6 Å². The Morgan fingerprint density at radius 3 is 2.31 bits per heavy atom. The van der Waals surface area contributed by atoms with Gasteiger partial charge in [0.25, 0.3) is 0 Å². The number of hydroxylamine groups is 2. The molecule has 1 saturated heterocycles. The molecule has 0 spiro atoms. The number of hydrogen-bond acceptors (Lipinski definition) is 5. The maximum atomic E-state index is 12.8. The van der Waals surface area contributed by atoms with Crippen LogP contribution in [0.1, 0.15) is 54.4 Å². The third-order valence-corrected chi connectivity index (χ3v) is 6.61. The number of quaternary nitrogens is 1. The molecule has 6 heteroatoms. The Bertz CT molecular complexity index is 684. The molecule has 0 aromatic heterocycles. The third kappa shape index (κ3) is 7.65. The van der Waals surface area contributed by atoms with Crippen LogP contribution in [0.3, 0.4) is 0 Å². The molecule has 184 valence electrons. The molecule has 1 heterocycles. The fourth-order valence-corrected chi connectivity index (χ4v) is 4.68. The Labute approximate surface area is 195 Å². The summed E-state index contributed by atoms with van der Waals surface area (Å²) in [5.41, 5.74) is 3.69. The molecule has 6 nitrogen and oxygen atoms in total. The second kappa shape index (κ2) is 14.1. The average molecular weight is 452 g/mol. The van der Waals surface area contributed by atoms with E-state index in [1.807, 2.05) is 19.9 Å². The van der Waals surface area contributed by atoms with E-state index >= 15 is 0 Å². The molecule has 0 aliphatic carbocycles. The summed E-state index contributed by atoms with van der Waals surface area (Å²) in [5, 5.41) is 23.4. The highest BCUT2D eigenvalue weighted by atomic mass is 16.6. The Morgan fingerprint density at radius 1 is 1.12 bits per heavy atom. The van der Waals surface area contributed by atoms with Crippen molar-refractivity contribution >= 4 is 0 Å². The largest absolute Gasteiger partial charge is 0.632 e. The Balaban J connectivity index is 2.72. The minimum Gasteiger partial charge on any atom is -0.632 e. The highest BCUT2D eigenvalue weighted by Crippen LogP contribution is 2.23. The van der Waals surface area contributed by atoms with E-state index < -0.39 is 18.4 Å². The maximum absolute atomic E-state index is 12.8. The van der Waals surface area contributed by atoms with Crippen molar-refractivity contribution in [2.24, 2.45) is 11.8 Å². The zero-order valence-corrected chi connectivity index (χ0v) is 21.4. The number of allylic oxidation sites excluding steroid dienone is 5. The van der Waals surface area contributed by atoms with Crippen LogP contribution in [0, 0.1) is 17.0 Å². The van der Waals surface area contributed by atoms with Gasteiger partial charge in [0.15, 0.2) is 6.10 Å². The highest BCUT2D eigenvalue weighted by Gasteiger charge is 2.47. The first-order valence-corrected chi connectivity index (χ1v) is 11.6. The maximum Gasteiger partial charge on any atom is 0.220 e. The molecule has 32 heavy (non-hydrogen) atoms. The van der Waals surface area contributed by atoms with Crippen molar-refractivity contribution in [1.29, 1.82) is 0 Å². The van der Waals surface area contributed by atoms with E-state index in [9.17, 15) is 10.3 Å². The van der Waals surface area contributed by atoms with Gasteiger partial charge in [0.1, 0.15) is 0 Å². The Morgan fingerprint density at radius 2 is 1.78 bits per heavy atom. The number of nitrogens with one attached hydrogen (secondary N) is 1. The zero-order chi connectivity index (χ0) is 24.4. The number of hydrogen-bond donors (Lipinski definition) is 2. The molecule has 8 atom stereocenters. The molecule has 1 aliphatic heterocycles. The van der Waals surface area contributed by atoms with Crippen LogP contribution in [0.5, 0.6) is 0 Å². The lowest BCUT2D eigenvalue weighted by Crippen LogP contribution is -3.19. The third-order valence-electron chi connectivity index (χ3n) is 6.61. The van der Waals surface area contributed by atoms with Gasteiger partial charge >= 0.3 is 0 Å². The summed E-state index contributed by atoms with van der Waals surface area (Å²) in [6.07, 6.45) is 10.1. The lowest BCUT2D eigenvalue weighted by atomic mass is 9.85. The number of methoxy groups -OCH3 is 3. The predicted molar refractivity (Wildman–Crippen MR) is 130 cm³/mol. The van der Waals surface area contributed by atoms with Crippen LogP contribution < -0.4 is 5.06 Å². The summed E-state index contributed by atoms with van der Waals surface area (Å²) in [6, 6.07) is -0.273. The molecule has 2 N–H and O–H groups in total. The normalized spacial score (nSPS) is 32.4. The molecule has 1 aliphatic rings. The van der Waals surface area contributed by atoms with Crippen molar-refractivity contribution in [3.05, 3.63) is 52.3 Å². The van der Waals surface area contributed by atoms with E-state index in [0.717, 1.165) is 6.42 Å². The molecular formula is C26H45NO5. The van der Waals surface area contributed by atoms with Gasteiger partial charge in [-0.25, -0.2) is 0 Å². The highest BCUT2D eigenvalue weighted by molar-refractivity contribution is 5.24. The predicted octanol–water partition coefficient (Wildman–Crippen LogP) is 3.58. The van der Waals surface area contributed by atoms with Crippen LogP contribution in [0.25, 0.3) is 0 Å². The Kier molecular flexibility index (Phi) is 12.7. The molecule has 0 bridgehead atoms. The first-order chi connectivity index (χ1) is 15.1. The van der Waals surface area contributed by atoms with E-state index in [1.165, 1.54) is 30.9 Å². The standard InChI is InChI=1S/C26H45NO5/c1-10-19(4)24(30-7)20(5)16-18(3)15-17(2)13-11-12-14-22-21(6)23(28)25(31-8)26(32-9)27(22)29/h10-12,15-16,20-28H,13-14H2,1-9H3. The first kappa shape index (κ1) is 28.8. The topological polar surface area (TPSA) is 75.4 Å². The molecule has 1 rings (SSSR count). The van der Waals surface area contributed by atoms with Crippen LogP contribution in [-0.2, 0) is 14.2 Å². The molecule has 0 radical (unpaired) electrons. The SMILES string of the molecule is CC=C(C)C(OC)C(C)C=C(C)C=C(C)CC=CCC1C(C)C(O)C(OC)C(OC)[NH+]1[O-]. The minimum atomic E-state index is -0.723. The van der Waals surface area contributed by atoms with E-state index in [0.29, 0.717) is 6.42 Å². The smallest absolute Gasteiger partial charge is 0.220 e. The van der Waals surface area contributed by atoms with Crippen molar-refractivity contribution in [2.75, 3.05) is 21.3 Å². The summed E-state index contributed by atoms with van der Waals surface area (Å²) in [7, 11) is 4.75. The second-order valence-corrected chi connectivity index (χ2v) is 9.08. The van der Waals surface area contributed by atoms with E-state index in [-0.39, 0.29) is 29.0 Å². The van der Waals surface area contributed by atoms with Gasteiger partial charge in [-0.05, 0) is 39.7 Å². The first-order valence-electron chi connectivity index (χ1n) is 11.6. The monoisotopic (exact) mass is 451 g/mol. The number of rotatable bonds is 11. The molecule has 0 amide bonds. The van der Waals surface area contributed by atoms with Crippen LogP contribution in [0.15, 0.2) is 47.1 Å². The van der Waals surface area contributed by atoms with Gasteiger partial charge in [0.05, 0.1) is 18.2 Å². The summed E-state index contributed by atoms with van der Waals surface area (Å²) in [5.74, 6) is 0.104. The molecule has 1 fully saturated rings. The number of aliphatic hydroxyl groups is 1. The number of piperidine rings is 1. The van der Waals surface area contributed by atoms with E-state index in [2.05, 4.69) is 52.0 Å². The molecule has 8 unspecified atom stereocenters. The summed E-state index contributed by atoms with van der Waals surface area (Å²) < 4.78 is 16.3. The fourth-order valence-electron chi connectivity index (χ4n) is 4.68. The summed E-state index contributed by atoms with van der Waals surface area (Å²) in [4.78, 5) is 0. The summed E-state index contributed by atoms with van der Waals surface area (Å²) in [6.45, 7) is 12.4. The van der Waals surface area contributed by atoms with Crippen LogP contribution >= 0.6 is 0 Å². The van der Waals surface area contributed by atoms with Crippen LogP contribution in [-0.4, -0.2) is 57.0 Å². The fraction of sp³-hybridized carbons (Fsp3) is 0.692. The van der Waals surface area contributed by atoms with Gasteiger partial charge in [0, 0.05) is 39.6 Å². The van der Waals surface area contributed by atoms with E-state index in [1.54, 1.807) is 7.11 Å². The zero-order valence-electron chi connectivity index (χ0n) is 21.4. The van der Waals surface area contributed by atoms with Crippen LogP contribution in [0.4, 0.5) is 0 Å². The van der Waals surface area contributed by atoms with Crippen molar-refractivity contribution in [1.82, 2.24) is 0 Å². The molecule has 0 aromatic carbocycles. The lowest BCUT2D eigenvalue weighted by molar-refractivity contribution is -0.941. The van der Waals surface area contributed by atoms with Gasteiger partial charge in [-0.1, -0.05) is 55.4 Å². The van der Waals surface area contributed by atoms with Crippen molar-refractivity contribution in [3.8, 4) is 0 Å². The van der Waals surface area contributed by atoms with Gasteiger partial charge in [-0.2, -0.15) is 0 Å². The lowest BCUT2D eigenvalue weighted by Gasteiger charge is -2.49. The minimum absolute atomic E-state index is 0.00551. The Hall–Kier alpha value is -1.28. The summed E-state index contributed by atoms with van der Waals surface area (Å²) >= 11 is 0. The van der Waals surface area contributed by atoms with Gasteiger partial charge in [0.2, 0.25) is 6.23 Å². The second-order valence-electron chi connectivity index (χ2n) is 9.08. The quantitative estimate of drug-likeness (QED) is 0.285.